The molecule has 0 fully saturated rings. The first-order chi connectivity index (χ1) is 11.3. The molecule has 0 saturated carbocycles. The fourth-order valence-electron chi connectivity index (χ4n) is 2.09. The average molecular weight is 321 g/mol. The summed E-state index contributed by atoms with van der Waals surface area (Å²) in [4.78, 5) is 1.20. The van der Waals surface area contributed by atoms with Crippen molar-refractivity contribution in [2.75, 3.05) is 4.72 Å². The van der Waals surface area contributed by atoms with Crippen LogP contribution in [0.15, 0.2) is 83.8 Å². The predicted octanol–water partition coefficient (Wildman–Crippen LogP) is 6.81. The SMILES string of the molecule is CC.Cc1ccc(NSc2ccc(-c3ccccc3)cc2)cc1. The van der Waals surface area contributed by atoms with Gasteiger partial charge in [0.05, 0.1) is 0 Å². The van der Waals surface area contributed by atoms with Crippen LogP contribution in [0.3, 0.4) is 0 Å². The molecule has 0 atom stereocenters. The molecule has 3 aromatic carbocycles. The molecule has 3 rings (SSSR count). The molecule has 0 unspecified atom stereocenters. The van der Waals surface area contributed by atoms with Crippen molar-refractivity contribution in [3.8, 4) is 11.1 Å². The lowest BCUT2D eigenvalue weighted by molar-refractivity contribution is 1.45. The van der Waals surface area contributed by atoms with E-state index in [1.807, 2.05) is 19.9 Å². The maximum absolute atomic E-state index is 3.36. The smallest absolute Gasteiger partial charge is 0.0443 e. The van der Waals surface area contributed by atoms with Gasteiger partial charge in [-0.15, -0.1) is 0 Å². The van der Waals surface area contributed by atoms with Gasteiger partial charge >= 0.3 is 0 Å². The van der Waals surface area contributed by atoms with E-state index in [0.29, 0.717) is 0 Å². The van der Waals surface area contributed by atoms with Gasteiger partial charge in [0.1, 0.15) is 0 Å². The van der Waals surface area contributed by atoms with Crippen LogP contribution in [0.1, 0.15) is 19.4 Å². The highest BCUT2D eigenvalue weighted by atomic mass is 32.2. The molecule has 0 aliphatic rings. The molecule has 0 radical (unpaired) electrons. The van der Waals surface area contributed by atoms with Crippen LogP contribution in [-0.2, 0) is 0 Å². The van der Waals surface area contributed by atoms with E-state index in [9.17, 15) is 0 Å². The van der Waals surface area contributed by atoms with E-state index in [1.54, 1.807) is 11.9 Å². The van der Waals surface area contributed by atoms with E-state index in [1.165, 1.54) is 21.6 Å². The molecular formula is C21H23NS. The van der Waals surface area contributed by atoms with Gasteiger partial charge in [-0.3, -0.25) is 0 Å². The van der Waals surface area contributed by atoms with E-state index in [-0.39, 0.29) is 0 Å². The van der Waals surface area contributed by atoms with Crippen LogP contribution in [0.4, 0.5) is 5.69 Å². The summed E-state index contributed by atoms with van der Waals surface area (Å²) in [5, 5.41) is 0. The Morgan fingerprint density at radius 3 is 1.83 bits per heavy atom. The lowest BCUT2D eigenvalue weighted by atomic mass is 10.1. The maximum atomic E-state index is 3.36. The molecule has 118 valence electrons. The first-order valence-corrected chi connectivity index (χ1v) is 8.78. The number of rotatable bonds is 4. The average Bonchev–Trinajstić information content (AvgIpc) is 2.64. The Morgan fingerprint density at radius 2 is 1.22 bits per heavy atom. The number of hydrogen-bond donors (Lipinski definition) is 1. The normalized spacial score (nSPS) is 9.70. The summed E-state index contributed by atoms with van der Waals surface area (Å²) in [6.45, 7) is 6.10. The van der Waals surface area contributed by atoms with Crippen LogP contribution in [0.2, 0.25) is 0 Å². The summed E-state index contributed by atoms with van der Waals surface area (Å²) in [6, 6.07) is 27.5. The summed E-state index contributed by atoms with van der Waals surface area (Å²) in [5.41, 5.74) is 4.89. The van der Waals surface area contributed by atoms with Crippen molar-refractivity contribution in [2.45, 2.75) is 25.7 Å². The number of aryl methyl sites for hydroxylation is 1. The second kappa shape index (κ2) is 9.06. The maximum Gasteiger partial charge on any atom is 0.0443 e. The quantitative estimate of drug-likeness (QED) is 0.530. The van der Waals surface area contributed by atoms with Gasteiger partial charge in [0.15, 0.2) is 0 Å². The van der Waals surface area contributed by atoms with Crippen molar-refractivity contribution in [2.24, 2.45) is 0 Å². The molecule has 3 aromatic rings. The summed E-state index contributed by atoms with van der Waals surface area (Å²) >= 11 is 1.63. The predicted molar refractivity (Wildman–Crippen MR) is 104 cm³/mol. The molecule has 1 nitrogen and oxygen atoms in total. The Morgan fingerprint density at radius 1 is 0.652 bits per heavy atom. The van der Waals surface area contributed by atoms with Gasteiger partial charge in [-0.05, 0) is 54.3 Å². The lowest BCUT2D eigenvalue weighted by Gasteiger charge is -2.07. The van der Waals surface area contributed by atoms with E-state index in [4.69, 9.17) is 0 Å². The van der Waals surface area contributed by atoms with Crippen LogP contribution in [0.5, 0.6) is 0 Å². The fraction of sp³-hybridized carbons (Fsp3) is 0.143. The van der Waals surface area contributed by atoms with Gasteiger partial charge in [-0.1, -0.05) is 74.0 Å². The van der Waals surface area contributed by atoms with Gasteiger partial charge in [0.25, 0.3) is 0 Å². The third-order valence-electron chi connectivity index (χ3n) is 3.30. The molecule has 0 aliphatic heterocycles. The Labute approximate surface area is 143 Å². The summed E-state index contributed by atoms with van der Waals surface area (Å²) in [7, 11) is 0. The molecule has 0 amide bonds. The molecule has 0 bridgehead atoms. The van der Waals surface area contributed by atoms with E-state index in [2.05, 4.69) is 84.4 Å². The zero-order valence-electron chi connectivity index (χ0n) is 13.9. The third-order valence-corrected chi connectivity index (χ3v) is 4.15. The standard InChI is InChI=1S/C19H17NS.C2H6/c1-15-7-11-18(12-8-15)20-21-19-13-9-17(10-14-19)16-5-3-2-4-6-16;1-2/h2-14,20H,1H3;1-2H3. The molecule has 0 saturated heterocycles. The highest BCUT2D eigenvalue weighted by Crippen LogP contribution is 2.25. The molecular weight excluding hydrogens is 298 g/mol. The summed E-state index contributed by atoms with van der Waals surface area (Å²) in [5.74, 6) is 0. The molecule has 0 aliphatic carbocycles. The van der Waals surface area contributed by atoms with Crippen molar-refractivity contribution in [1.82, 2.24) is 0 Å². The molecule has 0 spiro atoms. The monoisotopic (exact) mass is 321 g/mol. The van der Waals surface area contributed by atoms with Crippen LogP contribution in [0, 0.1) is 6.92 Å². The number of nitrogens with one attached hydrogen (secondary N) is 1. The highest BCUT2D eigenvalue weighted by Gasteiger charge is 1.98. The number of benzene rings is 3. The second-order valence-electron chi connectivity index (χ2n) is 4.96. The highest BCUT2D eigenvalue weighted by molar-refractivity contribution is 8.00. The van der Waals surface area contributed by atoms with Crippen molar-refractivity contribution in [3.63, 3.8) is 0 Å². The molecule has 0 aromatic heterocycles. The Balaban J connectivity index is 0.000000924. The van der Waals surface area contributed by atoms with E-state index in [0.717, 1.165) is 5.69 Å². The largest absolute Gasteiger partial charge is 0.326 e. The topological polar surface area (TPSA) is 12.0 Å². The summed E-state index contributed by atoms with van der Waals surface area (Å²) in [6.07, 6.45) is 0. The van der Waals surface area contributed by atoms with E-state index < -0.39 is 0 Å². The van der Waals surface area contributed by atoms with Crippen LogP contribution in [0.25, 0.3) is 11.1 Å². The van der Waals surface area contributed by atoms with Gasteiger partial charge in [-0.2, -0.15) is 0 Å². The van der Waals surface area contributed by atoms with Crippen LogP contribution >= 0.6 is 11.9 Å². The zero-order valence-corrected chi connectivity index (χ0v) is 14.7. The van der Waals surface area contributed by atoms with Gasteiger partial charge in [-0.25, -0.2) is 0 Å². The van der Waals surface area contributed by atoms with Crippen molar-refractivity contribution in [1.29, 1.82) is 0 Å². The fourth-order valence-corrected chi connectivity index (χ4v) is 2.73. The zero-order chi connectivity index (χ0) is 16.5. The third kappa shape index (κ3) is 5.19. The molecule has 1 N–H and O–H groups in total. The van der Waals surface area contributed by atoms with Gasteiger partial charge in [0, 0.05) is 10.6 Å². The Bertz CT molecular complexity index is 688. The number of anilines is 1. The molecule has 2 heteroatoms. The first-order valence-electron chi connectivity index (χ1n) is 7.96. The van der Waals surface area contributed by atoms with E-state index >= 15 is 0 Å². The number of hydrogen-bond acceptors (Lipinski definition) is 2. The van der Waals surface area contributed by atoms with Crippen molar-refractivity contribution < 1.29 is 0 Å². The lowest BCUT2D eigenvalue weighted by Crippen LogP contribution is -1.86. The van der Waals surface area contributed by atoms with Crippen molar-refractivity contribution >= 4 is 17.6 Å². The molecule has 0 heterocycles. The first kappa shape index (κ1) is 17.2. The van der Waals surface area contributed by atoms with Crippen LogP contribution < -0.4 is 4.72 Å². The van der Waals surface area contributed by atoms with Crippen molar-refractivity contribution in [3.05, 3.63) is 84.4 Å². The van der Waals surface area contributed by atoms with Gasteiger partial charge < -0.3 is 4.72 Å². The molecule has 23 heavy (non-hydrogen) atoms. The minimum Gasteiger partial charge on any atom is -0.326 e. The summed E-state index contributed by atoms with van der Waals surface area (Å²) < 4.78 is 3.36. The second-order valence-corrected chi connectivity index (χ2v) is 5.84. The Kier molecular flexibility index (Phi) is 6.76. The minimum absolute atomic E-state index is 1.12. The van der Waals surface area contributed by atoms with Gasteiger partial charge in [0.2, 0.25) is 0 Å². The van der Waals surface area contributed by atoms with Crippen LogP contribution in [-0.4, -0.2) is 0 Å². The minimum atomic E-state index is 1.12. The Hall–Kier alpha value is -2.19.